The first kappa shape index (κ1) is 11.2. The number of carboxylic acid groups (broad SMARTS) is 1. The minimum absolute atomic E-state index is 0.613. The molecule has 0 saturated carbocycles. The molecule has 1 rings (SSSR count). The van der Waals surface area contributed by atoms with Gasteiger partial charge >= 0.3 is 5.97 Å². The summed E-state index contributed by atoms with van der Waals surface area (Å²) in [6.45, 7) is 3.74. The number of hydrogen-bond donors (Lipinski definition) is 3. The van der Waals surface area contributed by atoms with Gasteiger partial charge < -0.3 is 15.9 Å². The summed E-state index contributed by atoms with van der Waals surface area (Å²) in [5.41, 5.74) is 5.94. The zero-order valence-corrected chi connectivity index (χ0v) is 8.84. The molecular weight excluding hydrogens is 202 g/mol. The van der Waals surface area contributed by atoms with Gasteiger partial charge in [-0.2, -0.15) is 0 Å². The minimum Gasteiger partial charge on any atom is -0.480 e. The van der Waals surface area contributed by atoms with Crippen LogP contribution < -0.4 is 5.73 Å². The maximum Gasteiger partial charge on any atom is 0.323 e. The van der Waals surface area contributed by atoms with Crippen LogP contribution in [0.3, 0.4) is 0 Å². The maximum atomic E-state index is 10.6. The van der Waals surface area contributed by atoms with Gasteiger partial charge in [0.25, 0.3) is 0 Å². The van der Waals surface area contributed by atoms with Crippen LogP contribution in [0.4, 0.5) is 0 Å². The van der Waals surface area contributed by atoms with Crippen molar-refractivity contribution in [2.75, 3.05) is 0 Å². The second-order valence-corrected chi connectivity index (χ2v) is 4.64. The topological polar surface area (TPSA) is 83.5 Å². The van der Waals surface area contributed by atoms with Crippen LogP contribution in [0.15, 0.2) is 6.07 Å². The van der Waals surface area contributed by atoms with Crippen LogP contribution in [0.2, 0.25) is 0 Å². The fourth-order valence-corrected chi connectivity index (χ4v) is 2.24. The Kier molecular flexibility index (Phi) is 3.25. The zero-order chi connectivity index (χ0) is 10.9. The standard InChI is InChI=1S/C9H13NO3S/c1-4-3-6(5(2)14-4)8(11)7(10)9(12)13/h3,7-8,11H,10H2,1-2H3,(H,12,13). The van der Waals surface area contributed by atoms with Crippen molar-refractivity contribution >= 4 is 17.3 Å². The molecule has 0 fully saturated rings. The summed E-state index contributed by atoms with van der Waals surface area (Å²) in [6.07, 6.45) is -1.13. The molecule has 0 radical (unpaired) electrons. The predicted octanol–water partition coefficient (Wildman–Crippen LogP) is 0.810. The molecule has 0 aliphatic rings. The highest BCUT2D eigenvalue weighted by molar-refractivity contribution is 7.12. The SMILES string of the molecule is Cc1cc(C(O)C(N)C(=O)O)c(C)s1. The minimum atomic E-state index is -1.26. The van der Waals surface area contributed by atoms with Gasteiger partial charge in [-0.1, -0.05) is 0 Å². The summed E-state index contributed by atoms with van der Waals surface area (Å²) in [7, 11) is 0. The van der Waals surface area contributed by atoms with Crippen molar-refractivity contribution in [3.8, 4) is 0 Å². The first-order chi connectivity index (χ1) is 6.43. The van der Waals surface area contributed by atoms with Gasteiger partial charge in [-0.25, -0.2) is 0 Å². The number of hydrogen-bond acceptors (Lipinski definition) is 4. The molecular formula is C9H13NO3S. The Morgan fingerprint density at radius 1 is 1.57 bits per heavy atom. The molecule has 1 aromatic heterocycles. The van der Waals surface area contributed by atoms with Gasteiger partial charge in [0, 0.05) is 9.75 Å². The molecule has 0 saturated heterocycles. The van der Waals surface area contributed by atoms with E-state index in [0.717, 1.165) is 9.75 Å². The van der Waals surface area contributed by atoms with Crippen LogP contribution in [0, 0.1) is 13.8 Å². The van der Waals surface area contributed by atoms with Gasteiger partial charge in [0.1, 0.15) is 12.1 Å². The lowest BCUT2D eigenvalue weighted by atomic mass is 10.0. The number of aliphatic hydroxyl groups is 1. The van der Waals surface area contributed by atoms with Crippen molar-refractivity contribution < 1.29 is 15.0 Å². The van der Waals surface area contributed by atoms with Crippen molar-refractivity contribution in [2.24, 2.45) is 5.73 Å². The molecule has 14 heavy (non-hydrogen) atoms. The molecule has 0 bridgehead atoms. The van der Waals surface area contributed by atoms with E-state index < -0.39 is 18.1 Å². The summed E-state index contributed by atoms with van der Waals surface area (Å²) in [5.74, 6) is -1.19. The summed E-state index contributed by atoms with van der Waals surface area (Å²) in [4.78, 5) is 12.5. The summed E-state index contributed by atoms with van der Waals surface area (Å²) in [6, 6.07) is 0.510. The van der Waals surface area contributed by atoms with Crippen molar-refractivity contribution in [1.29, 1.82) is 0 Å². The summed E-state index contributed by atoms with van der Waals surface area (Å²) >= 11 is 1.52. The van der Waals surface area contributed by atoms with Crippen molar-refractivity contribution in [2.45, 2.75) is 26.0 Å². The molecule has 0 aromatic carbocycles. The van der Waals surface area contributed by atoms with Crippen LogP contribution in [0.5, 0.6) is 0 Å². The van der Waals surface area contributed by atoms with Crippen LogP contribution in [0.25, 0.3) is 0 Å². The van der Waals surface area contributed by atoms with Crippen molar-refractivity contribution in [1.82, 2.24) is 0 Å². The zero-order valence-electron chi connectivity index (χ0n) is 8.02. The molecule has 2 unspecified atom stereocenters. The lowest BCUT2D eigenvalue weighted by Gasteiger charge is -2.14. The smallest absolute Gasteiger partial charge is 0.323 e. The number of rotatable bonds is 3. The first-order valence-corrected chi connectivity index (χ1v) is 4.98. The largest absolute Gasteiger partial charge is 0.480 e. The summed E-state index contributed by atoms with van der Waals surface area (Å²) in [5, 5.41) is 18.3. The molecule has 1 aromatic rings. The van der Waals surface area contributed by atoms with Crippen LogP contribution in [-0.4, -0.2) is 22.2 Å². The molecule has 78 valence electrons. The van der Waals surface area contributed by atoms with Gasteiger partial charge in [0.05, 0.1) is 0 Å². The van der Waals surface area contributed by atoms with Gasteiger partial charge in [-0.05, 0) is 25.5 Å². The third-order valence-corrected chi connectivity index (χ3v) is 3.01. The summed E-state index contributed by atoms with van der Waals surface area (Å²) < 4.78 is 0. The Bertz CT molecular complexity index is 348. The van der Waals surface area contributed by atoms with E-state index in [2.05, 4.69) is 0 Å². The Morgan fingerprint density at radius 2 is 2.14 bits per heavy atom. The molecule has 2 atom stereocenters. The Morgan fingerprint density at radius 3 is 2.50 bits per heavy atom. The van der Waals surface area contributed by atoms with Gasteiger partial charge in [-0.15, -0.1) is 11.3 Å². The van der Waals surface area contributed by atoms with E-state index in [1.54, 1.807) is 6.07 Å². The quantitative estimate of drug-likeness (QED) is 0.696. The van der Waals surface area contributed by atoms with E-state index in [1.807, 2.05) is 13.8 Å². The predicted molar refractivity (Wildman–Crippen MR) is 54.4 cm³/mol. The molecule has 0 spiro atoms. The van der Waals surface area contributed by atoms with E-state index >= 15 is 0 Å². The molecule has 0 aliphatic carbocycles. The number of thiophene rings is 1. The van der Waals surface area contributed by atoms with E-state index in [9.17, 15) is 9.90 Å². The lowest BCUT2D eigenvalue weighted by molar-refractivity contribution is -0.141. The second kappa shape index (κ2) is 4.08. The van der Waals surface area contributed by atoms with Crippen LogP contribution in [-0.2, 0) is 4.79 Å². The average Bonchev–Trinajstić information content (AvgIpc) is 2.42. The molecule has 4 nitrogen and oxygen atoms in total. The fourth-order valence-electron chi connectivity index (χ4n) is 1.27. The fraction of sp³-hybridized carbons (Fsp3) is 0.444. The third-order valence-electron chi connectivity index (χ3n) is 2.02. The van der Waals surface area contributed by atoms with Gasteiger partial charge in [0.2, 0.25) is 0 Å². The Labute approximate surface area is 86.0 Å². The highest BCUT2D eigenvalue weighted by Crippen LogP contribution is 2.27. The molecule has 5 heteroatoms. The average molecular weight is 215 g/mol. The molecule has 0 aliphatic heterocycles. The van der Waals surface area contributed by atoms with E-state index in [-0.39, 0.29) is 0 Å². The Balaban J connectivity index is 2.94. The lowest BCUT2D eigenvalue weighted by Crippen LogP contribution is -2.36. The number of aliphatic carboxylic acids is 1. The number of aryl methyl sites for hydroxylation is 2. The van der Waals surface area contributed by atoms with Crippen LogP contribution in [0.1, 0.15) is 21.4 Å². The van der Waals surface area contributed by atoms with E-state index in [1.165, 1.54) is 11.3 Å². The normalized spacial score (nSPS) is 15.1. The maximum absolute atomic E-state index is 10.6. The number of carboxylic acids is 1. The second-order valence-electron chi connectivity index (χ2n) is 3.18. The van der Waals surface area contributed by atoms with Crippen molar-refractivity contribution in [3.05, 3.63) is 21.4 Å². The number of aliphatic hydroxyl groups excluding tert-OH is 1. The first-order valence-electron chi connectivity index (χ1n) is 4.17. The highest BCUT2D eigenvalue weighted by Gasteiger charge is 2.25. The highest BCUT2D eigenvalue weighted by atomic mass is 32.1. The molecule has 0 amide bonds. The Hall–Kier alpha value is -0.910. The van der Waals surface area contributed by atoms with E-state index in [0.29, 0.717) is 5.56 Å². The van der Waals surface area contributed by atoms with Gasteiger partial charge in [-0.3, -0.25) is 4.79 Å². The van der Waals surface area contributed by atoms with Gasteiger partial charge in [0.15, 0.2) is 0 Å². The van der Waals surface area contributed by atoms with Crippen molar-refractivity contribution in [3.63, 3.8) is 0 Å². The molecule has 4 N–H and O–H groups in total. The van der Waals surface area contributed by atoms with Crippen LogP contribution >= 0.6 is 11.3 Å². The number of nitrogens with two attached hydrogens (primary N) is 1. The monoisotopic (exact) mass is 215 g/mol. The number of carbonyl (C=O) groups is 1. The van der Waals surface area contributed by atoms with E-state index in [4.69, 9.17) is 10.8 Å². The molecule has 1 heterocycles. The third kappa shape index (κ3) is 2.12.